The largest absolute Gasteiger partial charge is 0.453 e. The number of aromatic nitrogens is 2. The van der Waals surface area contributed by atoms with Gasteiger partial charge in [0.2, 0.25) is 0 Å². The number of aryl methyl sites for hydroxylation is 1. The highest BCUT2D eigenvalue weighted by molar-refractivity contribution is 5.91. The normalized spacial score (nSPS) is 15.0. The lowest BCUT2D eigenvalue weighted by Gasteiger charge is -2.35. The fourth-order valence-electron chi connectivity index (χ4n) is 2.76. The molecule has 2 aromatic rings. The van der Waals surface area contributed by atoms with Crippen LogP contribution in [0.4, 0.5) is 10.2 Å². The first-order chi connectivity index (χ1) is 12.5. The molecule has 0 aromatic carbocycles. The standard InChI is InChI=1S/C18H23FN4O3/c1-12(2)25-10-14-4-5-15(26-14)18(24)23-8-6-22(7-9-23)17-16(19)13(3)20-11-21-17/h4-5,11-12H,6-10H2,1-3H3. The Hall–Kier alpha value is -2.48. The highest BCUT2D eigenvalue weighted by Crippen LogP contribution is 2.20. The zero-order chi connectivity index (χ0) is 18.7. The molecule has 0 bridgehead atoms. The summed E-state index contributed by atoms with van der Waals surface area (Å²) in [6, 6.07) is 3.42. The van der Waals surface area contributed by atoms with Crippen LogP contribution in [0.1, 0.15) is 35.9 Å². The molecule has 7 nitrogen and oxygen atoms in total. The van der Waals surface area contributed by atoms with Crippen molar-refractivity contribution in [3.63, 3.8) is 0 Å². The van der Waals surface area contributed by atoms with Gasteiger partial charge < -0.3 is 19.0 Å². The van der Waals surface area contributed by atoms with Gasteiger partial charge in [-0.25, -0.2) is 14.4 Å². The Morgan fingerprint density at radius 1 is 1.27 bits per heavy atom. The number of ether oxygens (including phenoxy) is 1. The van der Waals surface area contributed by atoms with Crippen LogP contribution in [0.2, 0.25) is 0 Å². The molecule has 0 radical (unpaired) electrons. The maximum Gasteiger partial charge on any atom is 0.289 e. The summed E-state index contributed by atoms with van der Waals surface area (Å²) in [6.45, 7) is 7.78. The van der Waals surface area contributed by atoms with E-state index < -0.39 is 5.82 Å². The lowest BCUT2D eigenvalue weighted by atomic mass is 10.2. The number of rotatable bonds is 5. The fourth-order valence-corrected chi connectivity index (χ4v) is 2.76. The van der Waals surface area contributed by atoms with E-state index in [9.17, 15) is 9.18 Å². The van der Waals surface area contributed by atoms with Gasteiger partial charge in [0.1, 0.15) is 18.7 Å². The van der Waals surface area contributed by atoms with Crippen LogP contribution < -0.4 is 4.90 Å². The third-order valence-electron chi connectivity index (χ3n) is 4.24. The van der Waals surface area contributed by atoms with Crippen molar-refractivity contribution in [2.75, 3.05) is 31.1 Å². The summed E-state index contributed by atoms with van der Waals surface area (Å²) < 4.78 is 25.2. The number of anilines is 1. The van der Waals surface area contributed by atoms with E-state index in [1.165, 1.54) is 6.33 Å². The van der Waals surface area contributed by atoms with Crippen molar-refractivity contribution in [2.24, 2.45) is 0 Å². The Kier molecular flexibility index (Phi) is 5.51. The molecular weight excluding hydrogens is 339 g/mol. The molecule has 1 fully saturated rings. The number of furan rings is 1. The van der Waals surface area contributed by atoms with Gasteiger partial charge in [-0.05, 0) is 32.9 Å². The molecule has 2 aromatic heterocycles. The topological polar surface area (TPSA) is 71.7 Å². The summed E-state index contributed by atoms with van der Waals surface area (Å²) in [4.78, 5) is 24.0. The minimum absolute atomic E-state index is 0.0955. The van der Waals surface area contributed by atoms with Gasteiger partial charge in [0.15, 0.2) is 17.4 Å². The van der Waals surface area contributed by atoms with E-state index in [4.69, 9.17) is 9.15 Å². The van der Waals surface area contributed by atoms with Crippen LogP contribution in [0.3, 0.4) is 0 Å². The molecule has 1 aliphatic heterocycles. The van der Waals surface area contributed by atoms with Crippen LogP contribution in [0.25, 0.3) is 0 Å². The van der Waals surface area contributed by atoms with Crippen LogP contribution >= 0.6 is 0 Å². The lowest BCUT2D eigenvalue weighted by molar-refractivity contribution is 0.0521. The van der Waals surface area contributed by atoms with Crippen molar-refractivity contribution in [3.05, 3.63) is 41.5 Å². The summed E-state index contributed by atoms with van der Waals surface area (Å²) in [5.74, 6) is 0.632. The molecule has 1 aliphatic rings. The van der Waals surface area contributed by atoms with Crippen molar-refractivity contribution < 1.29 is 18.3 Å². The summed E-state index contributed by atoms with van der Waals surface area (Å²) in [6.07, 6.45) is 1.45. The molecule has 26 heavy (non-hydrogen) atoms. The molecule has 0 N–H and O–H groups in total. The minimum Gasteiger partial charge on any atom is -0.453 e. The third kappa shape index (κ3) is 4.01. The Bertz CT molecular complexity index is 770. The van der Waals surface area contributed by atoms with E-state index in [2.05, 4.69) is 9.97 Å². The molecule has 0 aliphatic carbocycles. The second kappa shape index (κ2) is 7.82. The van der Waals surface area contributed by atoms with Crippen LogP contribution in [-0.4, -0.2) is 53.1 Å². The van der Waals surface area contributed by atoms with Gasteiger partial charge in [-0.15, -0.1) is 0 Å². The zero-order valence-electron chi connectivity index (χ0n) is 15.2. The van der Waals surface area contributed by atoms with Crippen molar-refractivity contribution >= 4 is 11.7 Å². The quantitative estimate of drug-likeness (QED) is 0.813. The van der Waals surface area contributed by atoms with Crippen molar-refractivity contribution in [1.29, 1.82) is 0 Å². The van der Waals surface area contributed by atoms with Gasteiger partial charge in [-0.1, -0.05) is 0 Å². The lowest BCUT2D eigenvalue weighted by Crippen LogP contribution is -2.49. The molecule has 8 heteroatoms. The molecule has 0 atom stereocenters. The first-order valence-corrected chi connectivity index (χ1v) is 8.67. The Labute approximate surface area is 151 Å². The maximum atomic E-state index is 14.2. The van der Waals surface area contributed by atoms with Crippen LogP contribution in [-0.2, 0) is 11.3 Å². The van der Waals surface area contributed by atoms with Crippen LogP contribution in [0.15, 0.2) is 22.9 Å². The first-order valence-electron chi connectivity index (χ1n) is 8.67. The van der Waals surface area contributed by atoms with Gasteiger partial charge >= 0.3 is 0 Å². The molecule has 0 saturated carbocycles. The van der Waals surface area contributed by atoms with Gasteiger partial charge in [0, 0.05) is 26.2 Å². The predicted molar refractivity (Wildman–Crippen MR) is 93.5 cm³/mol. The molecule has 0 spiro atoms. The number of carbonyl (C=O) groups excluding carboxylic acids is 1. The average molecular weight is 362 g/mol. The predicted octanol–water partition coefficient (Wildman–Crippen LogP) is 2.40. The Morgan fingerprint density at radius 3 is 2.69 bits per heavy atom. The van der Waals surface area contributed by atoms with Crippen molar-refractivity contribution in [2.45, 2.75) is 33.5 Å². The number of halogens is 1. The van der Waals surface area contributed by atoms with Gasteiger partial charge in [-0.2, -0.15) is 0 Å². The summed E-state index contributed by atoms with van der Waals surface area (Å²) in [5, 5.41) is 0. The van der Waals surface area contributed by atoms with E-state index in [-0.39, 0.29) is 17.8 Å². The summed E-state index contributed by atoms with van der Waals surface area (Å²) in [5.41, 5.74) is 0.320. The van der Waals surface area contributed by atoms with Gasteiger partial charge in [-0.3, -0.25) is 4.79 Å². The molecular formula is C18H23FN4O3. The van der Waals surface area contributed by atoms with E-state index in [1.807, 2.05) is 18.7 Å². The van der Waals surface area contributed by atoms with Crippen LogP contribution in [0, 0.1) is 12.7 Å². The van der Waals surface area contributed by atoms with Crippen LogP contribution in [0.5, 0.6) is 0 Å². The number of piperazine rings is 1. The third-order valence-corrected chi connectivity index (χ3v) is 4.24. The monoisotopic (exact) mass is 362 g/mol. The Morgan fingerprint density at radius 2 is 2.00 bits per heavy atom. The molecule has 3 heterocycles. The fraction of sp³-hybridized carbons (Fsp3) is 0.500. The van der Waals surface area contributed by atoms with E-state index in [0.29, 0.717) is 50.0 Å². The number of carbonyl (C=O) groups is 1. The second-order valence-electron chi connectivity index (χ2n) is 6.50. The van der Waals surface area contributed by atoms with Crippen molar-refractivity contribution in [3.8, 4) is 0 Å². The smallest absolute Gasteiger partial charge is 0.289 e. The number of amides is 1. The van der Waals surface area contributed by atoms with E-state index >= 15 is 0 Å². The number of hydrogen-bond acceptors (Lipinski definition) is 6. The average Bonchev–Trinajstić information content (AvgIpc) is 3.11. The molecule has 0 unspecified atom stereocenters. The first kappa shape index (κ1) is 18.3. The summed E-state index contributed by atoms with van der Waals surface area (Å²) in [7, 11) is 0. The zero-order valence-corrected chi connectivity index (χ0v) is 15.2. The number of hydrogen-bond donors (Lipinski definition) is 0. The van der Waals surface area contributed by atoms with Gasteiger partial charge in [0.25, 0.3) is 5.91 Å². The summed E-state index contributed by atoms with van der Waals surface area (Å²) >= 11 is 0. The van der Waals surface area contributed by atoms with Gasteiger partial charge in [0.05, 0.1) is 11.8 Å². The van der Waals surface area contributed by atoms with E-state index in [0.717, 1.165) is 0 Å². The highest BCUT2D eigenvalue weighted by Gasteiger charge is 2.26. The second-order valence-corrected chi connectivity index (χ2v) is 6.50. The Balaban J connectivity index is 1.59. The highest BCUT2D eigenvalue weighted by atomic mass is 19.1. The SMILES string of the molecule is Cc1ncnc(N2CCN(C(=O)c3ccc(COC(C)C)o3)CC2)c1F. The minimum atomic E-state index is -0.409. The van der Waals surface area contributed by atoms with Crippen molar-refractivity contribution in [1.82, 2.24) is 14.9 Å². The molecule has 3 rings (SSSR count). The number of nitrogens with zero attached hydrogens (tertiary/aromatic N) is 4. The molecule has 1 saturated heterocycles. The molecule has 140 valence electrons. The molecule has 1 amide bonds. The van der Waals surface area contributed by atoms with E-state index in [1.54, 1.807) is 24.0 Å². The maximum absolute atomic E-state index is 14.2.